The average Bonchev–Trinajstić information content (AvgIpc) is 3.39. The number of carbonyl (C=O) groups excluding carboxylic acids is 2. The highest BCUT2D eigenvalue weighted by atomic mass is 16.4. The number of carbonyl (C=O) groups is 2. The first-order chi connectivity index (χ1) is 18.5. The summed E-state index contributed by atoms with van der Waals surface area (Å²) in [6.07, 6.45) is 0. The first kappa shape index (κ1) is 23.0. The molecule has 0 saturated heterocycles. The van der Waals surface area contributed by atoms with Crippen LogP contribution in [-0.4, -0.2) is 11.8 Å². The maximum absolute atomic E-state index is 12.8. The summed E-state index contributed by atoms with van der Waals surface area (Å²) in [7, 11) is 0. The molecule has 0 spiro atoms. The Hall–Kier alpha value is -5.43. The highest BCUT2D eigenvalue weighted by Gasteiger charge is 2.13. The van der Waals surface area contributed by atoms with E-state index in [4.69, 9.17) is 8.83 Å². The second-order valence-electron chi connectivity index (χ2n) is 8.70. The van der Waals surface area contributed by atoms with Crippen LogP contribution in [0.3, 0.4) is 0 Å². The third-order valence-electron chi connectivity index (χ3n) is 6.15. The Labute approximate surface area is 216 Å². The van der Waals surface area contributed by atoms with Crippen LogP contribution in [0.1, 0.15) is 20.9 Å². The molecule has 0 aliphatic rings. The van der Waals surface area contributed by atoms with E-state index in [1.165, 1.54) is 0 Å². The third kappa shape index (κ3) is 4.56. The summed E-state index contributed by atoms with van der Waals surface area (Å²) in [6.45, 7) is 0. The van der Waals surface area contributed by atoms with Gasteiger partial charge in [0.1, 0.15) is 11.2 Å². The standard InChI is InChI=1S/C31H20N2O5/c34-29(20-11-9-19(10-12-20)25-17-21-5-1-4-8-27(21)38-31(25)36)32-23-13-15-24(16-14-23)33-30(35)28-18-22-6-2-3-7-26(22)37-28/h1-18H,(H,32,34)(H,33,35). The van der Waals surface area contributed by atoms with Crippen LogP contribution in [0.4, 0.5) is 11.4 Å². The molecule has 0 unspecified atom stereocenters. The van der Waals surface area contributed by atoms with Gasteiger partial charge in [-0.3, -0.25) is 9.59 Å². The van der Waals surface area contributed by atoms with Crippen LogP contribution in [0.5, 0.6) is 0 Å². The van der Waals surface area contributed by atoms with E-state index >= 15 is 0 Å². The highest BCUT2D eigenvalue weighted by molar-refractivity contribution is 6.06. The van der Waals surface area contributed by atoms with Gasteiger partial charge in [0.2, 0.25) is 0 Å². The number of nitrogens with one attached hydrogen (secondary N) is 2. The number of anilines is 2. The molecule has 0 bridgehead atoms. The topological polar surface area (TPSA) is 102 Å². The van der Waals surface area contributed by atoms with Crippen LogP contribution in [-0.2, 0) is 0 Å². The molecule has 7 heteroatoms. The molecule has 7 nitrogen and oxygen atoms in total. The summed E-state index contributed by atoms with van der Waals surface area (Å²) >= 11 is 0. The van der Waals surface area contributed by atoms with Crippen molar-refractivity contribution in [1.29, 1.82) is 0 Å². The molecule has 38 heavy (non-hydrogen) atoms. The zero-order valence-electron chi connectivity index (χ0n) is 19.9. The molecule has 0 aliphatic heterocycles. The van der Waals surface area contributed by atoms with Gasteiger partial charge >= 0.3 is 5.63 Å². The monoisotopic (exact) mass is 500 g/mol. The second-order valence-corrected chi connectivity index (χ2v) is 8.70. The summed E-state index contributed by atoms with van der Waals surface area (Å²) in [4.78, 5) is 37.7. The van der Waals surface area contributed by atoms with E-state index in [1.54, 1.807) is 72.8 Å². The van der Waals surface area contributed by atoms with Gasteiger partial charge in [-0.15, -0.1) is 0 Å². The van der Waals surface area contributed by atoms with Crippen molar-refractivity contribution in [2.75, 3.05) is 10.6 Å². The molecule has 2 N–H and O–H groups in total. The number of furan rings is 1. The van der Waals surface area contributed by atoms with Gasteiger partial charge in [0.05, 0.1) is 5.56 Å². The minimum Gasteiger partial charge on any atom is -0.451 e. The number of hydrogen-bond acceptors (Lipinski definition) is 5. The fourth-order valence-corrected chi connectivity index (χ4v) is 4.19. The summed E-state index contributed by atoms with van der Waals surface area (Å²) in [5.41, 5.74) is 3.38. The molecule has 184 valence electrons. The van der Waals surface area contributed by atoms with Crippen LogP contribution in [0.25, 0.3) is 33.1 Å². The van der Waals surface area contributed by atoms with Crippen molar-refractivity contribution in [3.8, 4) is 11.1 Å². The zero-order chi connectivity index (χ0) is 26.1. The lowest BCUT2D eigenvalue weighted by Crippen LogP contribution is -2.13. The number of hydrogen-bond donors (Lipinski definition) is 2. The molecule has 6 aromatic rings. The van der Waals surface area contributed by atoms with E-state index in [0.29, 0.717) is 39.2 Å². The van der Waals surface area contributed by atoms with Gasteiger partial charge in [0.25, 0.3) is 11.8 Å². The Kier molecular flexibility index (Phi) is 5.78. The molecule has 2 aromatic heterocycles. The lowest BCUT2D eigenvalue weighted by Gasteiger charge is -2.08. The first-order valence-corrected chi connectivity index (χ1v) is 11.9. The number of fused-ring (bicyclic) bond motifs is 2. The minimum absolute atomic E-state index is 0.216. The summed E-state index contributed by atoms with van der Waals surface area (Å²) in [6, 6.07) is 31.7. The molecular formula is C31H20N2O5. The van der Waals surface area contributed by atoms with Crippen LogP contribution in [0.15, 0.2) is 123 Å². The van der Waals surface area contributed by atoms with Crippen LogP contribution in [0.2, 0.25) is 0 Å². The van der Waals surface area contributed by atoms with Crippen molar-refractivity contribution < 1.29 is 18.4 Å². The second kappa shape index (κ2) is 9.55. The summed E-state index contributed by atoms with van der Waals surface area (Å²) in [5.74, 6) is -0.451. The molecule has 6 rings (SSSR count). The SMILES string of the molecule is O=C(Nc1ccc(NC(=O)c2cc3ccccc3o2)cc1)c1ccc(-c2cc3ccccc3oc2=O)cc1. The third-order valence-corrected chi connectivity index (χ3v) is 6.15. The van der Waals surface area contributed by atoms with Crippen molar-refractivity contribution in [1.82, 2.24) is 0 Å². The van der Waals surface area contributed by atoms with Crippen molar-refractivity contribution in [2.24, 2.45) is 0 Å². The van der Waals surface area contributed by atoms with E-state index in [9.17, 15) is 14.4 Å². The van der Waals surface area contributed by atoms with E-state index in [0.717, 1.165) is 10.8 Å². The van der Waals surface area contributed by atoms with Crippen molar-refractivity contribution in [3.63, 3.8) is 0 Å². The lowest BCUT2D eigenvalue weighted by molar-refractivity contribution is 0.0996. The van der Waals surface area contributed by atoms with E-state index in [-0.39, 0.29) is 17.6 Å². The summed E-state index contributed by atoms with van der Waals surface area (Å²) in [5, 5.41) is 7.29. The number of rotatable bonds is 5. The lowest BCUT2D eigenvalue weighted by atomic mass is 10.0. The van der Waals surface area contributed by atoms with Gasteiger partial charge in [0.15, 0.2) is 5.76 Å². The quantitative estimate of drug-likeness (QED) is 0.256. The number of benzene rings is 4. The van der Waals surface area contributed by atoms with Gasteiger partial charge in [0, 0.05) is 27.7 Å². The molecule has 0 fully saturated rings. The predicted octanol–water partition coefficient (Wildman–Crippen LogP) is 6.71. The van der Waals surface area contributed by atoms with Gasteiger partial charge in [-0.25, -0.2) is 4.79 Å². The van der Waals surface area contributed by atoms with Crippen LogP contribution in [0, 0.1) is 0 Å². The number of para-hydroxylation sites is 2. The molecule has 0 saturated carbocycles. The van der Waals surface area contributed by atoms with Crippen molar-refractivity contribution in [3.05, 3.63) is 131 Å². The number of amides is 2. The Balaban J connectivity index is 1.12. The van der Waals surface area contributed by atoms with Crippen LogP contribution < -0.4 is 16.3 Å². The smallest absolute Gasteiger partial charge is 0.344 e. The van der Waals surface area contributed by atoms with Crippen molar-refractivity contribution >= 4 is 45.1 Å². The fraction of sp³-hybridized carbons (Fsp3) is 0. The fourth-order valence-electron chi connectivity index (χ4n) is 4.19. The average molecular weight is 501 g/mol. The van der Waals surface area contributed by atoms with Gasteiger partial charge in [-0.2, -0.15) is 0 Å². The molecule has 2 amide bonds. The normalized spacial score (nSPS) is 10.9. The van der Waals surface area contributed by atoms with Crippen molar-refractivity contribution in [2.45, 2.75) is 0 Å². The van der Waals surface area contributed by atoms with Gasteiger partial charge in [-0.1, -0.05) is 48.5 Å². The Morgan fingerprint density at radius 1 is 0.579 bits per heavy atom. The summed E-state index contributed by atoms with van der Waals surface area (Å²) < 4.78 is 11.0. The Morgan fingerprint density at radius 3 is 1.76 bits per heavy atom. The van der Waals surface area contributed by atoms with Crippen LogP contribution >= 0.6 is 0 Å². The molecule has 0 atom stereocenters. The van der Waals surface area contributed by atoms with E-state index < -0.39 is 5.63 Å². The Morgan fingerprint density at radius 2 is 1.13 bits per heavy atom. The molecule has 2 heterocycles. The minimum atomic E-state index is -0.437. The molecule has 4 aromatic carbocycles. The highest BCUT2D eigenvalue weighted by Crippen LogP contribution is 2.23. The van der Waals surface area contributed by atoms with Gasteiger partial charge in [-0.05, 0) is 66.2 Å². The largest absolute Gasteiger partial charge is 0.451 e. The Bertz CT molecular complexity index is 1830. The maximum Gasteiger partial charge on any atom is 0.344 e. The first-order valence-electron chi connectivity index (χ1n) is 11.9. The van der Waals surface area contributed by atoms with E-state index in [1.807, 2.05) is 36.4 Å². The predicted molar refractivity (Wildman–Crippen MR) is 146 cm³/mol. The van der Waals surface area contributed by atoms with Gasteiger partial charge < -0.3 is 19.5 Å². The molecular weight excluding hydrogens is 480 g/mol. The maximum atomic E-state index is 12.8. The zero-order valence-corrected chi connectivity index (χ0v) is 19.9. The molecule has 0 radical (unpaired) electrons. The van der Waals surface area contributed by atoms with E-state index in [2.05, 4.69) is 10.6 Å². The molecule has 0 aliphatic carbocycles.